The quantitative estimate of drug-likeness (QED) is 0.458. The van der Waals surface area contributed by atoms with E-state index >= 15 is 0 Å². The summed E-state index contributed by atoms with van der Waals surface area (Å²) in [6, 6.07) is 18.2. The molecule has 0 radical (unpaired) electrons. The number of nitrogens with one attached hydrogen (secondary N) is 2. The summed E-state index contributed by atoms with van der Waals surface area (Å²) in [5, 5.41) is 9.20. The van der Waals surface area contributed by atoms with Crippen molar-refractivity contribution in [2.75, 3.05) is 5.32 Å². The number of H-pyrrole nitrogens is 1. The Balaban J connectivity index is 1.50. The number of alkyl halides is 3. The highest BCUT2D eigenvalue weighted by molar-refractivity contribution is 6.01. The van der Waals surface area contributed by atoms with Gasteiger partial charge in [-0.2, -0.15) is 0 Å². The van der Waals surface area contributed by atoms with Crippen molar-refractivity contribution in [1.82, 2.24) is 20.2 Å². The molecule has 10 heteroatoms. The molecule has 0 bridgehead atoms. The van der Waals surface area contributed by atoms with E-state index in [2.05, 4.69) is 30.2 Å². The zero-order valence-electron chi connectivity index (χ0n) is 16.4. The number of aromatic nitrogens is 4. The minimum atomic E-state index is -4.83. The van der Waals surface area contributed by atoms with Crippen LogP contribution in [0.5, 0.6) is 5.75 Å². The van der Waals surface area contributed by atoms with Crippen LogP contribution in [0.25, 0.3) is 11.1 Å². The van der Waals surface area contributed by atoms with Crippen LogP contribution in [-0.4, -0.2) is 32.4 Å². The van der Waals surface area contributed by atoms with Gasteiger partial charge in [-0.3, -0.25) is 9.89 Å². The van der Waals surface area contributed by atoms with Crippen molar-refractivity contribution >= 4 is 11.7 Å². The molecule has 2 aromatic carbocycles. The van der Waals surface area contributed by atoms with Crippen molar-refractivity contribution < 1.29 is 22.7 Å². The van der Waals surface area contributed by atoms with Crippen LogP contribution in [0.3, 0.4) is 0 Å². The SMILES string of the molecule is O=C(Nc1cc(-c2ccccc2OC(F)(F)F)ccn1)c1n[nH]c(Cc2ccccc2)n1. The highest BCUT2D eigenvalue weighted by Gasteiger charge is 2.32. The average molecular weight is 439 g/mol. The minimum absolute atomic E-state index is 0.0797. The molecule has 4 aromatic rings. The first-order valence-electron chi connectivity index (χ1n) is 9.45. The van der Waals surface area contributed by atoms with Gasteiger partial charge in [-0.25, -0.2) is 9.97 Å². The largest absolute Gasteiger partial charge is 0.573 e. The summed E-state index contributed by atoms with van der Waals surface area (Å²) in [5.41, 5.74) is 1.59. The molecule has 0 aliphatic heterocycles. The van der Waals surface area contributed by atoms with Crippen molar-refractivity contribution in [3.63, 3.8) is 0 Å². The summed E-state index contributed by atoms with van der Waals surface area (Å²) >= 11 is 0. The van der Waals surface area contributed by atoms with Gasteiger partial charge in [-0.1, -0.05) is 48.5 Å². The average Bonchev–Trinajstić information content (AvgIpc) is 3.23. The van der Waals surface area contributed by atoms with Gasteiger partial charge in [0, 0.05) is 18.2 Å². The number of nitrogens with zero attached hydrogens (tertiary/aromatic N) is 3. The molecule has 0 fully saturated rings. The highest BCUT2D eigenvalue weighted by atomic mass is 19.4. The number of rotatable bonds is 6. The minimum Gasteiger partial charge on any atom is -0.405 e. The van der Waals surface area contributed by atoms with E-state index in [4.69, 9.17) is 0 Å². The van der Waals surface area contributed by atoms with Crippen LogP contribution >= 0.6 is 0 Å². The number of carbonyl (C=O) groups excluding carboxylic acids is 1. The first-order chi connectivity index (χ1) is 15.4. The van der Waals surface area contributed by atoms with Crippen molar-refractivity contribution in [2.24, 2.45) is 0 Å². The van der Waals surface area contributed by atoms with Gasteiger partial charge in [-0.15, -0.1) is 18.3 Å². The van der Waals surface area contributed by atoms with Gasteiger partial charge in [0.05, 0.1) is 0 Å². The molecule has 0 unspecified atom stereocenters. The number of hydrogen-bond donors (Lipinski definition) is 2. The van der Waals surface area contributed by atoms with Gasteiger partial charge in [0.25, 0.3) is 5.91 Å². The second-order valence-electron chi connectivity index (χ2n) is 6.70. The Kier molecular flexibility index (Phi) is 5.84. The summed E-state index contributed by atoms with van der Waals surface area (Å²) in [6.45, 7) is 0. The fraction of sp³-hybridized carbons (Fsp3) is 0.0909. The third-order valence-corrected chi connectivity index (χ3v) is 4.37. The van der Waals surface area contributed by atoms with E-state index in [1.807, 2.05) is 30.3 Å². The van der Waals surface area contributed by atoms with Gasteiger partial charge < -0.3 is 10.1 Å². The summed E-state index contributed by atoms with van der Waals surface area (Å²) in [5.74, 6) is -0.401. The fourth-order valence-corrected chi connectivity index (χ4v) is 3.02. The Morgan fingerprint density at radius 3 is 2.56 bits per heavy atom. The van der Waals surface area contributed by atoms with E-state index in [0.29, 0.717) is 17.8 Å². The molecule has 2 N–H and O–H groups in total. The Bertz CT molecular complexity index is 1230. The van der Waals surface area contributed by atoms with E-state index in [0.717, 1.165) is 5.56 Å². The van der Waals surface area contributed by atoms with E-state index in [1.165, 1.54) is 36.5 Å². The molecule has 1 amide bonds. The van der Waals surface area contributed by atoms with Gasteiger partial charge in [0.2, 0.25) is 5.82 Å². The Hall–Kier alpha value is -4.21. The number of ether oxygens (including phenoxy) is 1. The molecule has 2 heterocycles. The number of carbonyl (C=O) groups is 1. The molecule has 0 saturated heterocycles. The van der Waals surface area contributed by atoms with Crippen LogP contribution in [0.4, 0.5) is 19.0 Å². The van der Waals surface area contributed by atoms with Crippen LogP contribution in [0.1, 0.15) is 22.0 Å². The lowest BCUT2D eigenvalue weighted by Gasteiger charge is -2.13. The van der Waals surface area contributed by atoms with Crippen LogP contribution in [-0.2, 0) is 6.42 Å². The van der Waals surface area contributed by atoms with E-state index < -0.39 is 12.3 Å². The first kappa shape index (κ1) is 21.0. The summed E-state index contributed by atoms with van der Waals surface area (Å²) in [4.78, 5) is 20.7. The number of pyridine rings is 1. The normalized spacial score (nSPS) is 11.2. The summed E-state index contributed by atoms with van der Waals surface area (Å²) < 4.78 is 42.2. The monoisotopic (exact) mass is 439 g/mol. The Labute approximate surface area is 180 Å². The summed E-state index contributed by atoms with van der Waals surface area (Å²) in [6.07, 6.45) is -2.98. The molecule has 0 atom stereocenters. The van der Waals surface area contributed by atoms with Gasteiger partial charge in [0.1, 0.15) is 17.4 Å². The van der Waals surface area contributed by atoms with Gasteiger partial charge >= 0.3 is 6.36 Å². The van der Waals surface area contributed by atoms with Gasteiger partial charge in [-0.05, 0) is 29.3 Å². The maximum Gasteiger partial charge on any atom is 0.573 e. The topological polar surface area (TPSA) is 92.8 Å². The van der Waals surface area contributed by atoms with Crippen LogP contribution in [0.15, 0.2) is 72.9 Å². The maximum atomic E-state index is 12.7. The molecule has 0 aliphatic rings. The lowest BCUT2D eigenvalue weighted by molar-refractivity contribution is -0.274. The van der Waals surface area contributed by atoms with Crippen LogP contribution in [0.2, 0.25) is 0 Å². The Morgan fingerprint density at radius 1 is 1.03 bits per heavy atom. The number of hydrogen-bond acceptors (Lipinski definition) is 5. The van der Waals surface area contributed by atoms with Crippen molar-refractivity contribution in [3.05, 3.63) is 90.1 Å². The predicted molar refractivity (Wildman–Crippen MR) is 110 cm³/mol. The van der Waals surface area contributed by atoms with Crippen LogP contribution in [0, 0.1) is 0 Å². The first-order valence-corrected chi connectivity index (χ1v) is 9.45. The molecule has 7 nitrogen and oxygen atoms in total. The second kappa shape index (κ2) is 8.88. The molecule has 0 saturated carbocycles. The summed E-state index contributed by atoms with van der Waals surface area (Å²) in [7, 11) is 0. The van der Waals surface area contributed by atoms with E-state index in [-0.39, 0.29) is 23.0 Å². The standard InChI is InChI=1S/C22H16F3N5O2/c23-22(24,25)32-17-9-5-4-8-16(17)15-10-11-26-18(13-15)28-21(31)20-27-19(29-30-20)12-14-6-2-1-3-7-14/h1-11,13H,12H2,(H,26,28,31)(H,27,29,30). The predicted octanol–water partition coefficient (Wildman–Crippen LogP) is 4.61. The third kappa shape index (κ3) is 5.28. The molecular formula is C22H16F3N5O2. The number of para-hydroxylation sites is 1. The van der Waals surface area contributed by atoms with Crippen molar-refractivity contribution in [3.8, 4) is 16.9 Å². The molecule has 0 spiro atoms. The zero-order chi connectivity index (χ0) is 22.6. The maximum absolute atomic E-state index is 12.7. The second-order valence-corrected chi connectivity index (χ2v) is 6.70. The number of anilines is 1. The van der Waals surface area contributed by atoms with E-state index in [1.54, 1.807) is 6.07 Å². The molecule has 32 heavy (non-hydrogen) atoms. The molecule has 162 valence electrons. The number of halogens is 3. The fourth-order valence-electron chi connectivity index (χ4n) is 3.02. The smallest absolute Gasteiger partial charge is 0.405 e. The zero-order valence-corrected chi connectivity index (χ0v) is 16.4. The Morgan fingerprint density at radius 2 is 1.78 bits per heavy atom. The molecule has 2 aromatic heterocycles. The van der Waals surface area contributed by atoms with Crippen molar-refractivity contribution in [1.29, 1.82) is 0 Å². The third-order valence-electron chi connectivity index (χ3n) is 4.37. The number of benzene rings is 2. The van der Waals surface area contributed by atoms with Gasteiger partial charge in [0.15, 0.2) is 0 Å². The molecule has 0 aliphatic carbocycles. The molecular weight excluding hydrogens is 423 g/mol. The lowest BCUT2D eigenvalue weighted by Crippen LogP contribution is -2.17. The number of aromatic amines is 1. The number of amides is 1. The molecule has 4 rings (SSSR count). The van der Waals surface area contributed by atoms with Crippen molar-refractivity contribution in [2.45, 2.75) is 12.8 Å². The van der Waals surface area contributed by atoms with Crippen LogP contribution < -0.4 is 10.1 Å². The lowest BCUT2D eigenvalue weighted by atomic mass is 10.1. The van der Waals surface area contributed by atoms with E-state index in [9.17, 15) is 18.0 Å². The highest BCUT2D eigenvalue weighted by Crippen LogP contribution is 2.34.